The lowest BCUT2D eigenvalue weighted by Crippen LogP contribution is -2.24. The Kier molecular flexibility index (Phi) is 5.06. The third kappa shape index (κ3) is 3.81. The molecule has 0 spiro atoms. The van der Waals surface area contributed by atoms with Crippen molar-refractivity contribution < 1.29 is 4.74 Å². The highest BCUT2D eigenvalue weighted by atomic mass is 16.5. The molecule has 2 aliphatic rings. The predicted octanol–water partition coefficient (Wildman–Crippen LogP) is 3.49. The number of benzene rings is 1. The molecule has 9 heteroatoms. The molecule has 174 valence electrons. The van der Waals surface area contributed by atoms with E-state index in [2.05, 4.69) is 32.7 Å². The Bertz CT molecular complexity index is 1440. The van der Waals surface area contributed by atoms with Crippen molar-refractivity contribution >= 4 is 22.7 Å². The Morgan fingerprint density at radius 1 is 1.15 bits per heavy atom. The molecule has 0 radical (unpaired) electrons. The second-order valence-electron chi connectivity index (χ2n) is 9.17. The quantitative estimate of drug-likeness (QED) is 0.457. The highest BCUT2D eigenvalue weighted by molar-refractivity contribution is 5.77. The fourth-order valence-corrected chi connectivity index (χ4v) is 4.38. The fraction of sp³-hybridized carbons (Fsp3) is 0.360. The van der Waals surface area contributed by atoms with E-state index in [1.807, 2.05) is 38.1 Å². The molecule has 0 saturated heterocycles. The molecule has 34 heavy (non-hydrogen) atoms. The zero-order chi connectivity index (χ0) is 23.2. The summed E-state index contributed by atoms with van der Waals surface area (Å²) in [6.07, 6.45) is 4.96. The maximum absolute atomic E-state index is 13.2. The first kappa shape index (κ1) is 20.9. The highest BCUT2D eigenvalue weighted by Gasteiger charge is 2.25. The Morgan fingerprint density at radius 2 is 2.03 bits per heavy atom. The van der Waals surface area contributed by atoms with Gasteiger partial charge in [-0.3, -0.25) is 4.79 Å². The number of pyridine rings is 1. The molecule has 1 saturated carbocycles. The van der Waals surface area contributed by atoms with Crippen LogP contribution in [0, 0.1) is 0 Å². The second kappa shape index (κ2) is 8.25. The van der Waals surface area contributed by atoms with Gasteiger partial charge in [0.1, 0.15) is 11.5 Å². The normalized spacial score (nSPS) is 15.5. The summed E-state index contributed by atoms with van der Waals surface area (Å²) in [5.41, 5.74) is 3.91. The van der Waals surface area contributed by atoms with Crippen molar-refractivity contribution in [2.75, 3.05) is 11.9 Å². The zero-order valence-corrected chi connectivity index (χ0v) is 19.3. The van der Waals surface area contributed by atoms with Crippen LogP contribution in [-0.4, -0.2) is 37.0 Å². The number of rotatable bonds is 6. The summed E-state index contributed by atoms with van der Waals surface area (Å²) in [5, 5.41) is 7.16. The van der Waals surface area contributed by atoms with Crippen molar-refractivity contribution in [1.82, 2.24) is 29.6 Å². The number of hydrogen-bond acceptors (Lipinski definition) is 7. The monoisotopic (exact) mass is 457 g/mol. The average Bonchev–Trinajstić information content (AvgIpc) is 3.60. The van der Waals surface area contributed by atoms with Gasteiger partial charge in [-0.1, -0.05) is 12.1 Å². The van der Waals surface area contributed by atoms with Crippen LogP contribution in [0.5, 0.6) is 5.88 Å². The molecular formula is C25H27N7O2. The molecule has 1 aliphatic heterocycles. The first-order valence-corrected chi connectivity index (χ1v) is 11.8. The standard InChI is InChI=1S/C25H27N7O2/c1-15(2)31-24(33)20-14-27-25(28-18-7-6-16-10-11-26-13-17(16)12-18)30-23(20)32(31)21-4-3-5-22(29-21)34-19-8-9-19/h3-7,12,14-15,19,26H,8-11,13H2,1-2H3,(H,27,28,30). The van der Waals surface area contributed by atoms with Gasteiger partial charge in [0.15, 0.2) is 11.5 Å². The van der Waals surface area contributed by atoms with Crippen molar-refractivity contribution in [3.8, 4) is 11.7 Å². The van der Waals surface area contributed by atoms with E-state index >= 15 is 0 Å². The molecule has 2 N–H and O–H groups in total. The van der Waals surface area contributed by atoms with E-state index in [4.69, 9.17) is 9.72 Å². The smallest absolute Gasteiger partial charge is 0.278 e. The van der Waals surface area contributed by atoms with Crippen molar-refractivity contribution in [2.24, 2.45) is 0 Å². The molecule has 1 aliphatic carbocycles. The van der Waals surface area contributed by atoms with Gasteiger partial charge < -0.3 is 15.4 Å². The predicted molar refractivity (Wildman–Crippen MR) is 130 cm³/mol. The minimum absolute atomic E-state index is 0.0962. The van der Waals surface area contributed by atoms with Gasteiger partial charge in [-0.2, -0.15) is 9.97 Å². The van der Waals surface area contributed by atoms with Crippen LogP contribution < -0.4 is 20.9 Å². The minimum atomic E-state index is -0.147. The van der Waals surface area contributed by atoms with Gasteiger partial charge in [0.05, 0.1) is 0 Å². The number of nitrogens with zero attached hydrogens (tertiary/aromatic N) is 5. The summed E-state index contributed by atoms with van der Waals surface area (Å²) in [7, 11) is 0. The maximum atomic E-state index is 13.2. The van der Waals surface area contributed by atoms with Crippen LogP contribution in [0.3, 0.4) is 0 Å². The molecule has 6 rings (SSSR count). The van der Waals surface area contributed by atoms with Gasteiger partial charge in [0.25, 0.3) is 5.56 Å². The molecule has 9 nitrogen and oxygen atoms in total. The Hall–Kier alpha value is -3.72. The zero-order valence-electron chi connectivity index (χ0n) is 19.3. The van der Waals surface area contributed by atoms with Gasteiger partial charge in [0, 0.05) is 30.5 Å². The number of hydrogen-bond donors (Lipinski definition) is 2. The lowest BCUT2D eigenvalue weighted by atomic mass is 10.0. The third-order valence-corrected chi connectivity index (χ3v) is 6.20. The molecule has 0 unspecified atom stereocenters. The van der Waals surface area contributed by atoms with E-state index in [1.165, 1.54) is 11.1 Å². The summed E-state index contributed by atoms with van der Waals surface area (Å²) in [4.78, 5) is 27.1. The average molecular weight is 458 g/mol. The first-order chi connectivity index (χ1) is 16.6. The number of fused-ring (bicyclic) bond motifs is 2. The van der Waals surface area contributed by atoms with Crippen molar-refractivity contribution in [2.45, 2.75) is 51.8 Å². The lowest BCUT2D eigenvalue weighted by molar-refractivity contribution is 0.290. The van der Waals surface area contributed by atoms with Gasteiger partial charge in [0.2, 0.25) is 11.8 Å². The van der Waals surface area contributed by atoms with Gasteiger partial charge >= 0.3 is 0 Å². The number of aromatic nitrogens is 5. The van der Waals surface area contributed by atoms with E-state index in [0.29, 0.717) is 28.7 Å². The summed E-state index contributed by atoms with van der Waals surface area (Å²) in [6.45, 7) is 5.79. The summed E-state index contributed by atoms with van der Waals surface area (Å²) in [5.74, 6) is 1.57. The molecule has 4 heterocycles. The molecule has 4 aromatic rings. The topological polar surface area (TPSA) is 98.9 Å². The number of nitrogens with one attached hydrogen (secondary N) is 2. The van der Waals surface area contributed by atoms with E-state index in [-0.39, 0.29) is 17.7 Å². The van der Waals surface area contributed by atoms with Crippen molar-refractivity contribution in [3.63, 3.8) is 0 Å². The fourth-order valence-electron chi connectivity index (χ4n) is 4.38. The van der Waals surface area contributed by atoms with E-state index in [0.717, 1.165) is 38.0 Å². The van der Waals surface area contributed by atoms with Crippen molar-refractivity contribution in [1.29, 1.82) is 0 Å². The molecule has 1 fully saturated rings. The summed E-state index contributed by atoms with van der Waals surface area (Å²) in [6, 6.07) is 11.8. The van der Waals surface area contributed by atoms with E-state index in [9.17, 15) is 4.79 Å². The highest BCUT2D eigenvalue weighted by Crippen LogP contribution is 2.27. The number of ether oxygens (including phenoxy) is 1. The van der Waals surface area contributed by atoms with Crippen LogP contribution in [0.2, 0.25) is 0 Å². The molecule has 0 atom stereocenters. The van der Waals surface area contributed by atoms with Crippen LogP contribution in [0.15, 0.2) is 47.4 Å². The Labute approximate surface area is 196 Å². The van der Waals surface area contributed by atoms with Crippen LogP contribution in [0.1, 0.15) is 43.9 Å². The maximum Gasteiger partial charge on any atom is 0.278 e. The van der Waals surface area contributed by atoms with Crippen LogP contribution >= 0.6 is 0 Å². The Balaban J connectivity index is 1.43. The van der Waals surface area contributed by atoms with Gasteiger partial charge in [-0.05, 0) is 69.0 Å². The molecule has 0 amide bonds. The molecule has 0 bridgehead atoms. The molecule has 1 aromatic carbocycles. The van der Waals surface area contributed by atoms with Crippen LogP contribution in [0.4, 0.5) is 11.6 Å². The van der Waals surface area contributed by atoms with Gasteiger partial charge in [-0.25, -0.2) is 14.3 Å². The SMILES string of the molecule is CC(C)n1c(=O)c2cnc(Nc3ccc4c(c3)CNCC4)nc2n1-c1cccc(OC2CC2)n1. The minimum Gasteiger partial charge on any atom is -0.474 e. The molecule has 3 aromatic heterocycles. The second-order valence-corrected chi connectivity index (χ2v) is 9.17. The number of anilines is 2. The molecular weight excluding hydrogens is 430 g/mol. The summed E-state index contributed by atoms with van der Waals surface area (Å²) >= 11 is 0. The van der Waals surface area contributed by atoms with Crippen LogP contribution in [-0.2, 0) is 13.0 Å². The van der Waals surface area contributed by atoms with Crippen molar-refractivity contribution in [3.05, 3.63) is 64.1 Å². The first-order valence-electron chi connectivity index (χ1n) is 11.8. The summed E-state index contributed by atoms with van der Waals surface area (Å²) < 4.78 is 9.33. The lowest BCUT2D eigenvalue weighted by Gasteiger charge is -2.18. The van der Waals surface area contributed by atoms with Crippen LogP contribution in [0.25, 0.3) is 16.9 Å². The Morgan fingerprint density at radius 3 is 2.85 bits per heavy atom. The van der Waals surface area contributed by atoms with E-state index < -0.39 is 0 Å². The largest absolute Gasteiger partial charge is 0.474 e. The van der Waals surface area contributed by atoms with Gasteiger partial charge in [-0.15, -0.1) is 0 Å². The van der Waals surface area contributed by atoms with E-state index in [1.54, 1.807) is 15.6 Å². The third-order valence-electron chi connectivity index (χ3n) is 6.20.